The lowest BCUT2D eigenvalue weighted by molar-refractivity contribution is -0.128. The summed E-state index contributed by atoms with van der Waals surface area (Å²) in [6.45, 7) is -0.0739. The molecule has 108 valence electrons. The molecule has 6 N–H and O–H groups in total. The fraction of sp³-hybridized carbons (Fsp3) is 0.800. The number of nitrogens with zero attached hydrogens (tertiary/aromatic N) is 1. The summed E-state index contributed by atoms with van der Waals surface area (Å²) in [5, 5.41) is 31.3. The first-order chi connectivity index (χ1) is 8.99. The van der Waals surface area contributed by atoms with Gasteiger partial charge in [-0.05, 0) is 12.2 Å². The maximum atomic E-state index is 11.6. The Bertz CT molecular complexity index is 382. The van der Waals surface area contributed by atoms with Gasteiger partial charge in [0.1, 0.15) is 18.3 Å². The van der Waals surface area contributed by atoms with E-state index in [-0.39, 0.29) is 24.1 Å². The first kappa shape index (κ1) is 14.6. The van der Waals surface area contributed by atoms with Crippen LogP contribution in [0.5, 0.6) is 0 Å². The maximum Gasteiger partial charge on any atom is 0.232 e. The molecule has 0 spiro atoms. The summed E-state index contributed by atoms with van der Waals surface area (Å²) in [6, 6.07) is 0. The molecule has 1 amide bonds. The Kier molecular flexibility index (Phi) is 4.33. The van der Waals surface area contributed by atoms with Gasteiger partial charge in [-0.1, -0.05) is 0 Å². The van der Waals surface area contributed by atoms with Crippen LogP contribution in [0.25, 0.3) is 0 Å². The zero-order valence-corrected chi connectivity index (χ0v) is 10.9. The second-order valence-corrected chi connectivity index (χ2v) is 4.99. The van der Waals surface area contributed by atoms with Gasteiger partial charge in [-0.2, -0.15) is 0 Å². The number of nitrogens with two attached hydrogens (primary N) is 1. The molecule has 0 bridgehead atoms. The molecule has 2 rings (SSSR count). The molecule has 1 unspecified atom stereocenters. The number of thiocarbonyl (C=S) groups is 1. The minimum Gasteiger partial charge on any atom is -0.394 e. The van der Waals surface area contributed by atoms with E-state index in [4.69, 9.17) is 27.8 Å². The molecule has 8 nitrogen and oxygen atoms in total. The second-order valence-electron chi connectivity index (χ2n) is 4.61. The van der Waals surface area contributed by atoms with Crippen molar-refractivity contribution in [2.24, 2.45) is 11.7 Å². The predicted octanol–water partition coefficient (Wildman–Crippen LogP) is -3.28. The molecular weight excluding hydrogens is 274 g/mol. The van der Waals surface area contributed by atoms with Gasteiger partial charge in [0, 0.05) is 13.1 Å². The van der Waals surface area contributed by atoms with Gasteiger partial charge in [0.2, 0.25) is 5.91 Å². The van der Waals surface area contributed by atoms with Crippen molar-refractivity contribution in [1.29, 1.82) is 0 Å². The van der Waals surface area contributed by atoms with Crippen molar-refractivity contribution in [3.63, 3.8) is 0 Å². The summed E-state index contributed by atoms with van der Waals surface area (Å²) >= 11 is 5.03. The van der Waals surface area contributed by atoms with Crippen molar-refractivity contribution in [2.75, 3.05) is 19.7 Å². The Labute approximate surface area is 115 Å². The van der Waals surface area contributed by atoms with Crippen LogP contribution >= 0.6 is 12.2 Å². The van der Waals surface area contributed by atoms with E-state index >= 15 is 0 Å². The molecule has 9 heteroatoms. The first-order valence-electron chi connectivity index (χ1n) is 5.93. The zero-order valence-electron chi connectivity index (χ0n) is 10.1. The normalized spacial score (nSPS) is 39.6. The van der Waals surface area contributed by atoms with Gasteiger partial charge < -0.3 is 36.0 Å². The van der Waals surface area contributed by atoms with E-state index in [1.165, 1.54) is 4.90 Å². The van der Waals surface area contributed by atoms with Gasteiger partial charge in [0.25, 0.3) is 0 Å². The van der Waals surface area contributed by atoms with E-state index in [0.29, 0.717) is 0 Å². The molecule has 0 aromatic rings. The largest absolute Gasteiger partial charge is 0.394 e. The van der Waals surface area contributed by atoms with Crippen LogP contribution in [0.2, 0.25) is 0 Å². The SMILES string of the molecule is NCC1CN([C@@H]2O[C@H](CO)[C@@H](O)[C@H]2O)C(=S)NC1=O. The molecule has 2 aliphatic heterocycles. The monoisotopic (exact) mass is 291 g/mol. The predicted molar refractivity (Wildman–Crippen MR) is 67.8 cm³/mol. The van der Waals surface area contributed by atoms with Crippen molar-refractivity contribution in [3.05, 3.63) is 0 Å². The van der Waals surface area contributed by atoms with Crippen molar-refractivity contribution in [1.82, 2.24) is 10.2 Å². The number of aliphatic hydroxyl groups excluding tert-OH is 3. The highest BCUT2D eigenvalue weighted by Crippen LogP contribution is 2.26. The molecule has 0 aromatic carbocycles. The van der Waals surface area contributed by atoms with Gasteiger partial charge in [-0.15, -0.1) is 0 Å². The van der Waals surface area contributed by atoms with Gasteiger partial charge in [-0.25, -0.2) is 0 Å². The highest BCUT2D eigenvalue weighted by atomic mass is 32.1. The average molecular weight is 291 g/mol. The van der Waals surface area contributed by atoms with Crippen LogP contribution in [0.1, 0.15) is 0 Å². The van der Waals surface area contributed by atoms with E-state index in [0.717, 1.165) is 0 Å². The number of carbonyl (C=O) groups excluding carboxylic acids is 1. The van der Waals surface area contributed by atoms with Gasteiger partial charge in [0.05, 0.1) is 12.5 Å². The Morgan fingerprint density at radius 3 is 2.68 bits per heavy atom. The Hall–Kier alpha value is -0.840. The van der Waals surface area contributed by atoms with Crippen LogP contribution in [0, 0.1) is 5.92 Å². The van der Waals surface area contributed by atoms with Crippen LogP contribution in [0.15, 0.2) is 0 Å². The molecule has 2 fully saturated rings. The lowest BCUT2D eigenvalue weighted by atomic mass is 10.1. The molecule has 0 radical (unpaired) electrons. The quantitative estimate of drug-likeness (QED) is 0.342. The topological polar surface area (TPSA) is 128 Å². The fourth-order valence-corrected chi connectivity index (χ4v) is 2.50. The van der Waals surface area contributed by atoms with E-state index in [1.807, 2.05) is 0 Å². The zero-order chi connectivity index (χ0) is 14.2. The van der Waals surface area contributed by atoms with Crippen molar-refractivity contribution in [2.45, 2.75) is 24.5 Å². The Morgan fingerprint density at radius 2 is 2.16 bits per heavy atom. The van der Waals surface area contributed by atoms with Gasteiger partial charge in [-0.3, -0.25) is 4.79 Å². The van der Waals surface area contributed by atoms with Crippen molar-refractivity contribution < 1.29 is 24.9 Å². The summed E-state index contributed by atoms with van der Waals surface area (Å²) < 4.78 is 5.37. The smallest absolute Gasteiger partial charge is 0.232 e. The molecule has 5 atom stereocenters. The summed E-state index contributed by atoms with van der Waals surface area (Å²) in [5.41, 5.74) is 5.49. The Morgan fingerprint density at radius 1 is 1.47 bits per heavy atom. The second kappa shape index (κ2) is 5.65. The third-order valence-electron chi connectivity index (χ3n) is 3.39. The fourth-order valence-electron chi connectivity index (χ4n) is 2.22. The number of hydrogen-bond donors (Lipinski definition) is 5. The maximum absolute atomic E-state index is 11.6. The van der Waals surface area contributed by atoms with E-state index < -0.39 is 37.1 Å². The average Bonchev–Trinajstić information content (AvgIpc) is 2.67. The third kappa shape index (κ3) is 2.57. The standard InChI is InChI=1S/C10H17N3O5S/c11-1-4-2-13(10(19)12-8(4)17)9-7(16)6(15)5(3-14)18-9/h4-7,9,14-16H,1-3,11H2,(H,12,17,19)/t4?,5-,6-,7-,9-/m1/s1. The minimum absolute atomic E-state index is 0.115. The summed E-state index contributed by atoms with van der Waals surface area (Å²) in [6.07, 6.45) is -4.21. The van der Waals surface area contributed by atoms with E-state index in [2.05, 4.69) is 5.32 Å². The summed E-state index contributed by atoms with van der Waals surface area (Å²) in [7, 11) is 0. The molecule has 0 saturated carbocycles. The number of nitrogens with one attached hydrogen (secondary N) is 1. The molecule has 2 heterocycles. The minimum atomic E-state index is -1.22. The lowest BCUT2D eigenvalue weighted by Crippen LogP contribution is -2.61. The molecule has 0 aromatic heterocycles. The van der Waals surface area contributed by atoms with E-state index in [1.54, 1.807) is 0 Å². The lowest BCUT2D eigenvalue weighted by Gasteiger charge is -2.38. The van der Waals surface area contributed by atoms with Crippen LogP contribution in [0.3, 0.4) is 0 Å². The molecule has 2 aliphatic rings. The van der Waals surface area contributed by atoms with Gasteiger partial charge in [0.15, 0.2) is 11.3 Å². The highest BCUT2D eigenvalue weighted by molar-refractivity contribution is 7.80. The van der Waals surface area contributed by atoms with Crippen molar-refractivity contribution >= 4 is 23.2 Å². The number of carbonyl (C=O) groups is 1. The number of hydrogen-bond acceptors (Lipinski definition) is 7. The van der Waals surface area contributed by atoms with Crippen LogP contribution in [0.4, 0.5) is 0 Å². The number of aliphatic hydroxyl groups is 3. The number of amides is 1. The van der Waals surface area contributed by atoms with Crippen LogP contribution in [-0.4, -0.2) is 75.5 Å². The van der Waals surface area contributed by atoms with Crippen molar-refractivity contribution in [3.8, 4) is 0 Å². The van der Waals surface area contributed by atoms with Gasteiger partial charge >= 0.3 is 0 Å². The third-order valence-corrected chi connectivity index (χ3v) is 3.72. The Balaban J connectivity index is 2.13. The van der Waals surface area contributed by atoms with Crippen LogP contribution < -0.4 is 11.1 Å². The number of rotatable bonds is 3. The summed E-state index contributed by atoms with van der Waals surface area (Å²) in [4.78, 5) is 13.0. The molecule has 0 aliphatic carbocycles. The number of ether oxygens (including phenoxy) is 1. The van der Waals surface area contributed by atoms with E-state index in [9.17, 15) is 15.0 Å². The van der Waals surface area contributed by atoms with Crippen LogP contribution in [-0.2, 0) is 9.53 Å². The first-order valence-corrected chi connectivity index (χ1v) is 6.34. The molecule has 19 heavy (non-hydrogen) atoms. The highest BCUT2D eigenvalue weighted by Gasteiger charge is 2.47. The molecular formula is C10H17N3O5S. The summed E-state index contributed by atoms with van der Waals surface area (Å²) in [5.74, 6) is -0.733. The molecule has 2 saturated heterocycles.